The number of methoxy groups -OCH3 is 1. The largest absolute Gasteiger partial charge is 0.496 e. The lowest BCUT2D eigenvalue weighted by Gasteiger charge is -2.26. The fourth-order valence-corrected chi connectivity index (χ4v) is 2.10. The quantitative estimate of drug-likeness (QED) is 0.864. The molecule has 0 aliphatic carbocycles. The van der Waals surface area contributed by atoms with E-state index in [0.29, 0.717) is 0 Å². The molecule has 0 bridgehead atoms. The van der Waals surface area contributed by atoms with Crippen LogP contribution in [0.1, 0.15) is 44.9 Å². The molecule has 18 heavy (non-hydrogen) atoms. The molecule has 0 aliphatic rings. The lowest BCUT2D eigenvalue weighted by molar-refractivity contribution is 0.148. The van der Waals surface area contributed by atoms with Gasteiger partial charge in [0.15, 0.2) is 0 Å². The van der Waals surface area contributed by atoms with E-state index in [9.17, 15) is 5.11 Å². The third kappa shape index (κ3) is 3.24. The van der Waals surface area contributed by atoms with Crippen LogP contribution < -0.4 is 10.1 Å². The van der Waals surface area contributed by atoms with Crippen LogP contribution in [0.25, 0.3) is 0 Å². The van der Waals surface area contributed by atoms with Crippen LogP contribution in [0.5, 0.6) is 5.75 Å². The van der Waals surface area contributed by atoms with Gasteiger partial charge in [-0.15, -0.1) is 0 Å². The van der Waals surface area contributed by atoms with Crippen LogP contribution in [-0.2, 0) is 5.41 Å². The van der Waals surface area contributed by atoms with Crippen LogP contribution in [-0.4, -0.2) is 25.4 Å². The van der Waals surface area contributed by atoms with Gasteiger partial charge in [0.2, 0.25) is 0 Å². The smallest absolute Gasteiger partial charge is 0.123 e. The van der Waals surface area contributed by atoms with Crippen LogP contribution in [0.4, 0.5) is 0 Å². The molecule has 0 heterocycles. The molecule has 0 radical (unpaired) electrons. The maximum atomic E-state index is 9.86. The third-order valence-electron chi connectivity index (χ3n) is 3.22. The zero-order valence-electron chi connectivity index (χ0n) is 12.2. The van der Waals surface area contributed by atoms with E-state index in [1.807, 2.05) is 13.1 Å². The first-order chi connectivity index (χ1) is 8.31. The number of aliphatic hydroxyl groups is 1. The second-order valence-corrected chi connectivity index (χ2v) is 5.71. The average Bonchev–Trinajstić information content (AvgIpc) is 2.28. The normalized spacial score (nSPS) is 15.3. The SMILES string of the molecule is CNC(c1cc(C(C)(C)C)ccc1OC)C(C)O. The molecular formula is C15H25NO2. The maximum Gasteiger partial charge on any atom is 0.123 e. The van der Waals surface area contributed by atoms with Crippen molar-refractivity contribution in [1.82, 2.24) is 5.32 Å². The summed E-state index contributed by atoms with van der Waals surface area (Å²) < 4.78 is 5.39. The Labute approximate surface area is 110 Å². The second-order valence-electron chi connectivity index (χ2n) is 5.71. The summed E-state index contributed by atoms with van der Waals surface area (Å²) in [6, 6.07) is 6.05. The molecule has 2 atom stereocenters. The topological polar surface area (TPSA) is 41.5 Å². The summed E-state index contributed by atoms with van der Waals surface area (Å²) in [5.74, 6) is 0.809. The number of benzene rings is 1. The first-order valence-corrected chi connectivity index (χ1v) is 6.35. The molecule has 3 nitrogen and oxygen atoms in total. The maximum absolute atomic E-state index is 9.86. The van der Waals surface area contributed by atoms with Crippen LogP contribution in [0.15, 0.2) is 18.2 Å². The van der Waals surface area contributed by atoms with Crippen molar-refractivity contribution in [2.45, 2.75) is 45.3 Å². The van der Waals surface area contributed by atoms with Crippen LogP contribution >= 0.6 is 0 Å². The highest BCUT2D eigenvalue weighted by Crippen LogP contribution is 2.32. The first kappa shape index (κ1) is 15.0. The van der Waals surface area contributed by atoms with Gasteiger partial charge in [0.05, 0.1) is 19.3 Å². The summed E-state index contributed by atoms with van der Waals surface area (Å²) in [6.45, 7) is 8.31. The highest BCUT2D eigenvalue weighted by molar-refractivity contribution is 5.42. The van der Waals surface area contributed by atoms with Gasteiger partial charge >= 0.3 is 0 Å². The predicted molar refractivity (Wildman–Crippen MR) is 75.2 cm³/mol. The van der Waals surface area contributed by atoms with Gasteiger partial charge in [-0.25, -0.2) is 0 Å². The summed E-state index contributed by atoms with van der Waals surface area (Å²) in [5.41, 5.74) is 2.32. The summed E-state index contributed by atoms with van der Waals surface area (Å²) in [6.07, 6.45) is -0.473. The van der Waals surface area contributed by atoms with Gasteiger partial charge in [-0.2, -0.15) is 0 Å². The number of nitrogens with one attached hydrogen (secondary N) is 1. The molecule has 0 spiro atoms. The Kier molecular flexibility index (Phi) is 4.77. The molecule has 3 heteroatoms. The fourth-order valence-electron chi connectivity index (χ4n) is 2.10. The first-order valence-electron chi connectivity index (χ1n) is 6.35. The molecule has 0 amide bonds. The lowest BCUT2D eigenvalue weighted by atomic mass is 9.84. The third-order valence-corrected chi connectivity index (χ3v) is 3.22. The summed E-state index contributed by atoms with van der Waals surface area (Å²) >= 11 is 0. The van der Waals surface area contributed by atoms with E-state index in [0.717, 1.165) is 11.3 Å². The molecule has 1 rings (SSSR count). The molecular weight excluding hydrogens is 226 g/mol. The summed E-state index contributed by atoms with van der Waals surface area (Å²) in [5, 5.41) is 13.0. The number of rotatable bonds is 4. The molecule has 0 fully saturated rings. The Morgan fingerprint density at radius 2 is 1.89 bits per heavy atom. The molecule has 102 valence electrons. The van der Waals surface area contributed by atoms with Crippen molar-refractivity contribution in [1.29, 1.82) is 0 Å². The minimum atomic E-state index is -0.473. The van der Waals surface area contributed by atoms with Crippen molar-refractivity contribution in [3.05, 3.63) is 29.3 Å². The van der Waals surface area contributed by atoms with Crippen molar-refractivity contribution in [2.75, 3.05) is 14.2 Å². The highest BCUT2D eigenvalue weighted by atomic mass is 16.5. The van der Waals surface area contributed by atoms with Crippen molar-refractivity contribution < 1.29 is 9.84 Å². The number of hydrogen-bond donors (Lipinski definition) is 2. The van der Waals surface area contributed by atoms with Crippen molar-refractivity contribution in [3.8, 4) is 5.75 Å². The number of hydrogen-bond acceptors (Lipinski definition) is 3. The fraction of sp³-hybridized carbons (Fsp3) is 0.600. The number of likely N-dealkylation sites (N-methyl/N-ethyl adjacent to an activating group) is 1. The van der Waals surface area contributed by atoms with Crippen molar-refractivity contribution in [3.63, 3.8) is 0 Å². The minimum Gasteiger partial charge on any atom is -0.496 e. The van der Waals surface area contributed by atoms with Crippen LogP contribution in [0.2, 0.25) is 0 Å². The van der Waals surface area contributed by atoms with Gasteiger partial charge < -0.3 is 15.2 Å². The Morgan fingerprint density at radius 1 is 1.28 bits per heavy atom. The van der Waals surface area contributed by atoms with E-state index < -0.39 is 6.10 Å². The second kappa shape index (κ2) is 5.72. The van der Waals surface area contributed by atoms with Gasteiger partial charge in [0.25, 0.3) is 0 Å². The summed E-state index contributed by atoms with van der Waals surface area (Å²) in [7, 11) is 3.50. The summed E-state index contributed by atoms with van der Waals surface area (Å²) in [4.78, 5) is 0. The minimum absolute atomic E-state index is 0.0814. The number of aliphatic hydroxyl groups excluding tert-OH is 1. The van der Waals surface area contributed by atoms with Crippen molar-refractivity contribution >= 4 is 0 Å². The number of ether oxygens (including phenoxy) is 1. The van der Waals surface area contributed by atoms with E-state index in [-0.39, 0.29) is 11.5 Å². The van der Waals surface area contributed by atoms with E-state index >= 15 is 0 Å². The Bertz CT molecular complexity index is 394. The van der Waals surface area contributed by atoms with Gasteiger partial charge in [-0.1, -0.05) is 26.8 Å². The zero-order chi connectivity index (χ0) is 13.9. The molecule has 2 N–H and O–H groups in total. The molecule has 0 aromatic heterocycles. The van der Waals surface area contributed by atoms with Crippen LogP contribution in [0.3, 0.4) is 0 Å². The van der Waals surface area contributed by atoms with E-state index in [1.54, 1.807) is 14.0 Å². The van der Waals surface area contributed by atoms with Crippen LogP contribution in [0, 0.1) is 0 Å². The zero-order valence-corrected chi connectivity index (χ0v) is 12.2. The molecule has 0 saturated heterocycles. The molecule has 0 saturated carbocycles. The van der Waals surface area contributed by atoms with Gasteiger partial charge in [-0.05, 0) is 37.1 Å². The Morgan fingerprint density at radius 3 is 2.28 bits per heavy atom. The standard InChI is InChI=1S/C15H25NO2/c1-10(17)14(16-5)12-9-11(15(2,3)4)7-8-13(12)18-6/h7-10,14,16-17H,1-6H3. The monoisotopic (exact) mass is 251 g/mol. The van der Waals surface area contributed by atoms with E-state index in [4.69, 9.17) is 4.74 Å². The molecule has 0 aliphatic heterocycles. The average molecular weight is 251 g/mol. The predicted octanol–water partition coefficient (Wildman–Crippen LogP) is 2.63. The lowest BCUT2D eigenvalue weighted by Crippen LogP contribution is -2.28. The van der Waals surface area contributed by atoms with E-state index in [2.05, 4.69) is 38.2 Å². The van der Waals surface area contributed by atoms with E-state index in [1.165, 1.54) is 5.56 Å². The van der Waals surface area contributed by atoms with Gasteiger partial charge in [-0.3, -0.25) is 0 Å². The molecule has 2 unspecified atom stereocenters. The highest BCUT2D eigenvalue weighted by Gasteiger charge is 2.22. The molecule has 1 aromatic rings. The van der Waals surface area contributed by atoms with Gasteiger partial charge in [0.1, 0.15) is 5.75 Å². The van der Waals surface area contributed by atoms with Crippen molar-refractivity contribution in [2.24, 2.45) is 0 Å². The molecule has 1 aromatic carbocycles. The Hall–Kier alpha value is -1.06. The van der Waals surface area contributed by atoms with Gasteiger partial charge in [0, 0.05) is 5.56 Å². The Balaban J connectivity index is 3.29.